The van der Waals surface area contributed by atoms with Gasteiger partial charge in [-0.05, 0) is 29.8 Å². The highest BCUT2D eigenvalue weighted by atomic mass is 35.5. The van der Waals surface area contributed by atoms with Gasteiger partial charge in [-0.15, -0.1) is 15.5 Å². The van der Waals surface area contributed by atoms with Crippen molar-refractivity contribution < 1.29 is 33.6 Å². The lowest BCUT2D eigenvalue weighted by atomic mass is 10.1. The van der Waals surface area contributed by atoms with Crippen molar-refractivity contribution in [3.8, 4) is 0 Å². The van der Waals surface area contributed by atoms with Crippen LogP contribution in [0, 0.1) is 10.1 Å². The monoisotopic (exact) mass is 435 g/mol. The molecule has 12 heteroatoms. The van der Waals surface area contributed by atoms with Crippen LogP contribution in [-0.4, -0.2) is 4.92 Å². The molecule has 0 radical (unpaired) electrons. The number of nitro benzene ring substituents is 1. The molecule has 2 aromatic rings. The number of hydrogen-bond acceptors (Lipinski definition) is 2. The topological polar surface area (TPSA) is 43.1 Å². The van der Waals surface area contributed by atoms with E-state index in [9.17, 15) is 38.8 Å². The smallest absolute Gasteiger partial charge is 0.258 e. The first-order chi connectivity index (χ1) is 12.0. The van der Waals surface area contributed by atoms with Gasteiger partial charge in [-0.1, -0.05) is 23.7 Å². The summed E-state index contributed by atoms with van der Waals surface area (Å²) in [4.78, 5) is 7.77. The van der Waals surface area contributed by atoms with Crippen LogP contribution in [-0.2, 0) is 6.18 Å². The molecule has 0 fully saturated rings. The van der Waals surface area contributed by atoms with Crippen molar-refractivity contribution in [2.24, 2.45) is 0 Å². The molecule has 0 atom stereocenters. The molecule has 0 bridgehead atoms. The van der Waals surface area contributed by atoms with Gasteiger partial charge in [0.05, 0.1) is 25.8 Å². The Hall–Kier alpha value is -2.27. The Balaban J connectivity index is 2.50. The highest BCUT2D eigenvalue weighted by Gasteiger charge is 2.63. The lowest BCUT2D eigenvalue weighted by molar-refractivity contribution is -0.384. The van der Waals surface area contributed by atoms with Crippen LogP contribution in [0.4, 0.5) is 34.4 Å². The zero-order valence-electron chi connectivity index (χ0n) is 12.9. The van der Waals surface area contributed by atoms with E-state index in [-0.39, 0.29) is 12.1 Å². The predicted octanol–water partition coefficient (Wildman–Crippen LogP) is 7.62. The van der Waals surface area contributed by atoms with Gasteiger partial charge >= 0.3 is 6.18 Å². The molecule has 0 heterocycles. The second kappa shape index (κ2) is 5.86. The second-order valence-corrected chi connectivity index (χ2v) is 8.80. The SMILES string of the molecule is O=[N+]([O-])c1ccc(S(F)(F)(F)(F)C=C(Cl)c2ccc(C(F)(F)F)cc2)cc1. The van der Waals surface area contributed by atoms with Crippen molar-refractivity contribution in [1.29, 1.82) is 0 Å². The Kier molecular flexibility index (Phi) is 4.57. The second-order valence-electron chi connectivity index (χ2n) is 5.42. The molecule has 0 N–H and O–H groups in total. The van der Waals surface area contributed by atoms with Gasteiger partial charge in [0.25, 0.3) is 5.69 Å². The van der Waals surface area contributed by atoms with E-state index in [0.717, 1.165) is 0 Å². The maximum absolute atomic E-state index is 14.3. The van der Waals surface area contributed by atoms with Crippen LogP contribution in [0.15, 0.2) is 58.8 Å². The standard InChI is InChI=1S/C15H9ClF7NO2S/c16-14(10-1-3-11(4-2-10)15(17,18)19)9-27(20,21,22,23)13-7-5-12(6-8-13)24(25)26/h1-9H. The summed E-state index contributed by atoms with van der Waals surface area (Å²) < 4.78 is 94.9. The number of non-ortho nitro benzene ring substituents is 1. The van der Waals surface area contributed by atoms with Crippen LogP contribution < -0.4 is 0 Å². The first-order valence-corrected chi connectivity index (χ1v) is 9.33. The number of nitro groups is 1. The van der Waals surface area contributed by atoms with Gasteiger partial charge in [0, 0.05) is 12.1 Å². The lowest BCUT2D eigenvalue weighted by Crippen LogP contribution is -2.11. The van der Waals surface area contributed by atoms with Gasteiger partial charge in [0.15, 0.2) is 0 Å². The van der Waals surface area contributed by atoms with Crippen LogP contribution in [0.2, 0.25) is 0 Å². The molecule has 148 valence electrons. The van der Waals surface area contributed by atoms with E-state index >= 15 is 0 Å². The largest absolute Gasteiger partial charge is 0.416 e. The number of alkyl halides is 3. The Morgan fingerprint density at radius 2 is 1.44 bits per heavy atom. The summed E-state index contributed by atoms with van der Waals surface area (Å²) in [6.45, 7) is 0. The van der Waals surface area contributed by atoms with E-state index in [2.05, 4.69) is 0 Å². The van der Waals surface area contributed by atoms with Crippen molar-refractivity contribution in [2.75, 3.05) is 0 Å². The van der Waals surface area contributed by atoms with Crippen molar-refractivity contribution >= 4 is 32.2 Å². The number of nitrogens with zero attached hydrogens (tertiary/aromatic N) is 1. The molecule has 0 unspecified atom stereocenters. The van der Waals surface area contributed by atoms with E-state index in [4.69, 9.17) is 11.6 Å². The fraction of sp³-hybridized carbons (Fsp3) is 0.0667. The number of halogens is 8. The van der Waals surface area contributed by atoms with Crippen LogP contribution >= 0.6 is 21.4 Å². The summed E-state index contributed by atoms with van der Waals surface area (Å²) in [6.07, 6.45) is -4.70. The summed E-state index contributed by atoms with van der Waals surface area (Å²) in [6, 6.07) is 3.72. The summed E-state index contributed by atoms with van der Waals surface area (Å²) >= 11 is 5.51. The minimum absolute atomic E-state index is 0.201. The number of rotatable bonds is 4. The first kappa shape index (κ1) is 21.0. The third-order valence-electron chi connectivity index (χ3n) is 3.37. The zero-order chi connectivity index (χ0) is 20.7. The number of hydrogen-bond donors (Lipinski definition) is 0. The van der Waals surface area contributed by atoms with Crippen LogP contribution in [0.25, 0.3) is 5.03 Å². The summed E-state index contributed by atoms with van der Waals surface area (Å²) in [5.41, 5.74) is -2.27. The molecule has 2 rings (SSSR count). The summed E-state index contributed by atoms with van der Waals surface area (Å²) in [5, 5.41) is 8.54. The van der Waals surface area contributed by atoms with E-state index < -0.39 is 53.1 Å². The van der Waals surface area contributed by atoms with Crippen molar-refractivity contribution in [2.45, 2.75) is 11.1 Å². The first-order valence-electron chi connectivity index (χ1n) is 6.83. The fourth-order valence-corrected chi connectivity index (χ4v) is 4.07. The maximum atomic E-state index is 14.3. The quantitative estimate of drug-likeness (QED) is 0.281. The highest BCUT2D eigenvalue weighted by Crippen LogP contribution is 3.02. The molecular formula is C15H9ClF7NO2S. The third-order valence-corrected chi connectivity index (χ3v) is 5.79. The molecule has 0 saturated carbocycles. The Morgan fingerprint density at radius 3 is 1.85 bits per heavy atom. The van der Waals surface area contributed by atoms with E-state index in [1.54, 1.807) is 0 Å². The molecular weight excluding hydrogens is 427 g/mol. The van der Waals surface area contributed by atoms with Gasteiger partial charge in [-0.25, -0.2) is 0 Å². The van der Waals surface area contributed by atoms with Gasteiger partial charge in [0.2, 0.25) is 9.84 Å². The minimum atomic E-state index is -9.11. The molecule has 0 aliphatic heterocycles. The average Bonchev–Trinajstić information content (AvgIpc) is 2.53. The third kappa shape index (κ3) is 4.72. The van der Waals surface area contributed by atoms with Crippen molar-refractivity contribution in [3.05, 3.63) is 75.2 Å². The Labute approximate surface area is 152 Å². The van der Waals surface area contributed by atoms with E-state index in [1.165, 1.54) is 0 Å². The van der Waals surface area contributed by atoms with Crippen LogP contribution in [0.3, 0.4) is 0 Å². The summed E-state index contributed by atoms with van der Waals surface area (Å²) in [7, 11) is -9.11. The molecule has 3 nitrogen and oxygen atoms in total. The van der Waals surface area contributed by atoms with Gasteiger partial charge in [-0.2, -0.15) is 13.2 Å². The molecule has 0 aromatic heterocycles. The normalized spacial score (nSPS) is 15.8. The van der Waals surface area contributed by atoms with Crippen molar-refractivity contribution in [1.82, 2.24) is 0 Å². The van der Waals surface area contributed by atoms with Gasteiger partial charge < -0.3 is 0 Å². The Morgan fingerprint density at radius 1 is 0.963 bits per heavy atom. The molecule has 0 aliphatic rings. The van der Waals surface area contributed by atoms with E-state index in [0.29, 0.717) is 36.4 Å². The molecule has 2 aromatic carbocycles. The van der Waals surface area contributed by atoms with Gasteiger partial charge in [-0.3, -0.25) is 10.1 Å². The Bertz CT molecular complexity index is 919. The fourth-order valence-electron chi connectivity index (χ4n) is 2.01. The minimum Gasteiger partial charge on any atom is -0.258 e. The maximum Gasteiger partial charge on any atom is 0.416 e. The summed E-state index contributed by atoms with van der Waals surface area (Å²) in [5.74, 6) is 0. The van der Waals surface area contributed by atoms with Gasteiger partial charge in [0.1, 0.15) is 0 Å². The van der Waals surface area contributed by atoms with Crippen LogP contribution in [0.1, 0.15) is 11.1 Å². The molecule has 0 saturated heterocycles. The number of benzene rings is 2. The average molecular weight is 436 g/mol. The lowest BCUT2D eigenvalue weighted by Gasteiger charge is -2.47. The zero-order valence-corrected chi connectivity index (χ0v) is 14.5. The molecule has 27 heavy (non-hydrogen) atoms. The van der Waals surface area contributed by atoms with E-state index in [1.807, 2.05) is 0 Å². The molecule has 0 amide bonds. The van der Waals surface area contributed by atoms with Crippen molar-refractivity contribution in [3.63, 3.8) is 0 Å². The highest BCUT2D eigenvalue weighted by molar-refractivity contribution is 8.52. The molecule has 0 aliphatic carbocycles. The molecule has 0 spiro atoms. The van der Waals surface area contributed by atoms with Crippen LogP contribution in [0.5, 0.6) is 0 Å². The predicted molar refractivity (Wildman–Crippen MR) is 88.7 cm³/mol.